The second-order valence-electron chi connectivity index (χ2n) is 5.56. The molecule has 0 saturated carbocycles. The van der Waals surface area contributed by atoms with Crippen LogP contribution in [-0.4, -0.2) is 41.7 Å². The first-order valence-corrected chi connectivity index (χ1v) is 8.32. The molecule has 5 nitrogen and oxygen atoms in total. The highest BCUT2D eigenvalue weighted by molar-refractivity contribution is 14.1. The molecule has 0 radical (unpaired) electrons. The summed E-state index contributed by atoms with van der Waals surface area (Å²) >= 11 is 2.35. The van der Waals surface area contributed by atoms with Gasteiger partial charge in [0.2, 0.25) is 5.91 Å². The van der Waals surface area contributed by atoms with Crippen LogP contribution >= 0.6 is 22.6 Å². The second kappa shape index (κ2) is 8.07. The number of carbonyl (C=O) groups excluding carboxylic acids is 1. The Morgan fingerprint density at radius 2 is 2.29 bits per heavy atom. The van der Waals surface area contributed by atoms with Crippen molar-refractivity contribution in [3.63, 3.8) is 0 Å². The number of halogens is 1. The third kappa shape index (κ3) is 5.21. The van der Waals surface area contributed by atoms with E-state index in [4.69, 9.17) is 5.21 Å². The minimum absolute atomic E-state index is 0.0641. The molecule has 0 aliphatic carbocycles. The van der Waals surface area contributed by atoms with E-state index >= 15 is 0 Å². The lowest BCUT2D eigenvalue weighted by Crippen LogP contribution is -2.44. The number of aryl methyl sites for hydroxylation is 1. The van der Waals surface area contributed by atoms with Crippen LogP contribution in [0, 0.1) is 3.57 Å². The van der Waals surface area contributed by atoms with Crippen LogP contribution in [0.3, 0.4) is 0 Å². The van der Waals surface area contributed by atoms with Crippen molar-refractivity contribution in [3.8, 4) is 0 Å². The predicted molar refractivity (Wildman–Crippen MR) is 90.2 cm³/mol. The molecule has 0 spiro atoms. The summed E-state index contributed by atoms with van der Waals surface area (Å²) < 4.78 is 1.27. The maximum Gasteiger partial charge on any atom is 0.236 e. The number of benzene rings is 1. The van der Waals surface area contributed by atoms with Gasteiger partial charge in [-0.25, -0.2) is 0 Å². The van der Waals surface area contributed by atoms with Gasteiger partial charge in [-0.3, -0.25) is 9.69 Å². The Balaban J connectivity index is 1.93. The van der Waals surface area contributed by atoms with Crippen molar-refractivity contribution in [2.24, 2.45) is 0 Å². The van der Waals surface area contributed by atoms with Crippen molar-refractivity contribution in [2.75, 3.05) is 19.6 Å². The lowest BCUT2D eigenvalue weighted by molar-refractivity contribution is -0.122. The van der Waals surface area contributed by atoms with Gasteiger partial charge in [0.05, 0.1) is 6.54 Å². The number of nitrogens with zero attached hydrogens (tertiary/aromatic N) is 1. The number of hydrogen-bond donors (Lipinski definition) is 3. The van der Waals surface area contributed by atoms with Gasteiger partial charge < -0.3 is 10.5 Å². The fourth-order valence-corrected chi connectivity index (χ4v) is 3.34. The van der Waals surface area contributed by atoms with Crippen molar-refractivity contribution in [3.05, 3.63) is 32.9 Å². The summed E-state index contributed by atoms with van der Waals surface area (Å²) in [7, 11) is 0. The van der Waals surface area contributed by atoms with Gasteiger partial charge in [-0.1, -0.05) is 6.07 Å². The van der Waals surface area contributed by atoms with Gasteiger partial charge >= 0.3 is 0 Å². The van der Waals surface area contributed by atoms with E-state index in [-0.39, 0.29) is 18.5 Å². The topological polar surface area (TPSA) is 64.6 Å². The Morgan fingerprint density at radius 1 is 1.48 bits per heavy atom. The monoisotopic (exact) mass is 403 g/mol. The number of nitrogens with one attached hydrogen (secondary N) is 2. The molecule has 1 heterocycles. The molecule has 0 aromatic heterocycles. The number of hydrogen-bond acceptors (Lipinski definition) is 4. The molecule has 1 aromatic carbocycles. The van der Waals surface area contributed by atoms with Crippen molar-refractivity contribution in [1.29, 1.82) is 0 Å². The summed E-state index contributed by atoms with van der Waals surface area (Å²) in [5.41, 5.74) is 4.72. The van der Waals surface area contributed by atoms with E-state index in [1.165, 1.54) is 14.7 Å². The highest BCUT2D eigenvalue weighted by Crippen LogP contribution is 2.21. The maximum atomic E-state index is 11.5. The predicted octanol–water partition coefficient (Wildman–Crippen LogP) is 1.52. The SMILES string of the molecule is C[C@@H](CN1CCCc2ccc(I)cc2C1)NC(=O)CNO. The maximum absolute atomic E-state index is 11.5. The third-order valence-electron chi connectivity index (χ3n) is 3.66. The zero-order chi connectivity index (χ0) is 15.2. The van der Waals surface area contributed by atoms with Gasteiger partial charge in [-0.05, 0) is 72.2 Å². The molecule has 2 rings (SSSR count). The molecule has 21 heavy (non-hydrogen) atoms. The first-order valence-electron chi connectivity index (χ1n) is 7.24. The van der Waals surface area contributed by atoms with E-state index in [1.807, 2.05) is 12.4 Å². The van der Waals surface area contributed by atoms with Gasteiger partial charge in [0.1, 0.15) is 0 Å². The molecule has 1 aliphatic heterocycles. The van der Waals surface area contributed by atoms with Crippen LogP contribution < -0.4 is 10.8 Å². The van der Waals surface area contributed by atoms with Crippen molar-refractivity contribution >= 4 is 28.5 Å². The largest absolute Gasteiger partial charge is 0.351 e. The normalized spacial score (nSPS) is 16.9. The minimum atomic E-state index is -0.185. The molecule has 0 bridgehead atoms. The summed E-state index contributed by atoms with van der Waals surface area (Å²) in [5.74, 6) is -0.185. The van der Waals surface area contributed by atoms with E-state index in [9.17, 15) is 4.79 Å². The van der Waals surface area contributed by atoms with Gasteiger partial charge in [0, 0.05) is 22.7 Å². The second-order valence-corrected chi connectivity index (χ2v) is 6.80. The number of carbonyl (C=O) groups is 1. The Hall–Kier alpha value is -0.700. The van der Waals surface area contributed by atoms with E-state index in [1.54, 1.807) is 0 Å². The summed E-state index contributed by atoms with van der Waals surface area (Å²) in [6, 6.07) is 6.72. The first-order chi connectivity index (χ1) is 10.1. The van der Waals surface area contributed by atoms with E-state index in [2.05, 4.69) is 51.0 Å². The number of amides is 1. The Labute approximate surface area is 139 Å². The van der Waals surface area contributed by atoms with Crippen LogP contribution in [0.2, 0.25) is 0 Å². The molecule has 1 aliphatic rings. The van der Waals surface area contributed by atoms with Gasteiger partial charge in [0.25, 0.3) is 0 Å². The van der Waals surface area contributed by atoms with E-state index in [0.29, 0.717) is 0 Å². The Bertz CT molecular complexity index is 496. The fraction of sp³-hybridized carbons (Fsp3) is 0.533. The highest BCUT2D eigenvalue weighted by atomic mass is 127. The standard InChI is InChI=1S/C15H22IN3O2/c1-11(18-15(20)8-17-21)9-19-6-2-3-12-4-5-14(16)7-13(12)10-19/h4-5,7,11,17,21H,2-3,6,8-10H2,1H3,(H,18,20)/t11-/m0/s1. The van der Waals surface area contributed by atoms with Gasteiger partial charge in [0.15, 0.2) is 0 Å². The van der Waals surface area contributed by atoms with Gasteiger partial charge in [-0.15, -0.1) is 0 Å². The quantitative estimate of drug-likeness (QED) is 0.516. The molecular weight excluding hydrogens is 381 g/mol. The molecule has 116 valence electrons. The van der Waals surface area contributed by atoms with Crippen molar-refractivity contribution < 1.29 is 10.0 Å². The van der Waals surface area contributed by atoms with Crippen molar-refractivity contribution in [2.45, 2.75) is 32.4 Å². The first kappa shape index (κ1) is 16.7. The molecule has 3 N–H and O–H groups in total. The summed E-state index contributed by atoms with van der Waals surface area (Å²) in [4.78, 5) is 13.8. The lowest BCUT2D eigenvalue weighted by Gasteiger charge is -2.25. The molecule has 1 aromatic rings. The highest BCUT2D eigenvalue weighted by Gasteiger charge is 2.17. The third-order valence-corrected chi connectivity index (χ3v) is 4.33. The van der Waals surface area contributed by atoms with Crippen molar-refractivity contribution in [1.82, 2.24) is 15.7 Å². The number of hydroxylamine groups is 1. The van der Waals surface area contributed by atoms with E-state index < -0.39 is 0 Å². The van der Waals surface area contributed by atoms with Crippen LogP contribution in [-0.2, 0) is 17.8 Å². The molecule has 0 saturated heterocycles. The fourth-order valence-electron chi connectivity index (χ4n) is 2.79. The van der Waals surface area contributed by atoms with E-state index in [0.717, 1.165) is 32.5 Å². The van der Waals surface area contributed by atoms with Crippen LogP contribution in [0.4, 0.5) is 0 Å². The van der Waals surface area contributed by atoms with Crippen LogP contribution in [0.25, 0.3) is 0 Å². The van der Waals surface area contributed by atoms with Gasteiger partial charge in [-0.2, -0.15) is 5.48 Å². The number of fused-ring (bicyclic) bond motifs is 1. The molecule has 1 atom stereocenters. The molecule has 6 heteroatoms. The lowest BCUT2D eigenvalue weighted by atomic mass is 10.0. The average Bonchev–Trinajstić information content (AvgIpc) is 2.59. The molecule has 0 fully saturated rings. The Kier molecular flexibility index (Phi) is 6.40. The summed E-state index contributed by atoms with van der Waals surface area (Å²) in [5, 5.41) is 11.4. The molecule has 0 unspecified atom stereocenters. The number of rotatable bonds is 5. The smallest absolute Gasteiger partial charge is 0.236 e. The zero-order valence-corrected chi connectivity index (χ0v) is 14.4. The average molecular weight is 403 g/mol. The van der Waals surface area contributed by atoms with Crippen LogP contribution in [0.5, 0.6) is 0 Å². The minimum Gasteiger partial charge on any atom is -0.351 e. The summed E-state index contributed by atoms with van der Waals surface area (Å²) in [6.45, 7) is 4.73. The Morgan fingerprint density at radius 3 is 3.05 bits per heavy atom. The van der Waals surface area contributed by atoms with Crippen LogP contribution in [0.1, 0.15) is 24.5 Å². The summed E-state index contributed by atoms with van der Waals surface area (Å²) in [6.07, 6.45) is 2.27. The molecular formula is C15H22IN3O2. The van der Waals surface area contributed by atoms with Crippen LogP contribution in [0.15, 0.2) is 18.2 Å². The molecule has 1 amide bonds. The zero-order valence-electron chi connectivity index (χ0n) is 12.2.